The standard InChI is InChI=1S/C11H17N3O2/c1-2-16-11(15)8-14-6-5-12-10(14)7-13-9-3-4-9/h5-6,9,13H,2-4,7-8H2,1H3. The smallest absolute Gasteiger partial charge is 0.325 e. The lowest BCUT2D eigenvalue weighted by Crippen LogP contribution is -2.21. The van der Waals surface area contributed by atoms with E-state index in [1.54, 1.807) is 19.3 Å². The number of aromatic nitrogens is 2. The van der Waals surface area contributed by atoms with Gasteiger partial charge in [-0.3, -0.25) is 4.79 Å². The maximum Gasteiger partial charge on any atom is 0.325 e. The number of rotatable bonds is 6. The molecule has 0 atom stereocenters. The van der Waals surface area contributed by atoms with E-state index in [4.69, 9.17) is 4.74 Å². The molecule has 88 valence electrons. The molecular weight excluding hydrogens is 206 g/mol. The second kappa shape index (κ2) is 5.12. The van der Waals surface area contributed by atoms with E-state index in [2.05, 4.69) is 10.3 Å². The van der Waals surface area contributed by atoms with Crippen molar-refractivity contribution < 1.29 is 9.53 Å². The van der Waals surface area contributed by atoms with Crippen LogP contribution in [0.15, 0.2) is 12.4 Å². The number of ether oxygens (including phenoxy) is 1. The van der Waals surface area contributed by atoms with Crippen LogP contribution in [0, 0.1) is 0 Å². The molecule has 0 spiro atoms. The zero-order chi connectivity index (χ0) is 11.4. The Balaban J connectivity index is 1.87. The summed E-state index contributed by atoms with van der Waals surface area (Å²) >= 11 is 0. The molecular formula is C11H17N3O2. The first-order chi connectivity index (χ1) is 7.79. The third kappa shape index (κ3) is 3.06. The Morgan fingerprint density at radius 2 is 2.50 bits per heavy atom. The van der Waals surface area contributed by atoms with E-state index >= 15 is 0 Å². The molecule has 1 aliphatic rings. The number of esters is 1. The van der Waals surface area contributed by atoms with Crippen LogP contribution in [0.2, 0.25) is 0 Å². The normalized spacial score (nSPS) is 15.1. The Bertz CT molecular complexity index is 358. The minimum Gasteiger partial charge on any atom is -0.465 e. The summed E-state index contributed by atoms with van der Waals surface area (Å²) in [6.45, 7) is 3.19. The summed E-state index contributed by atoms with van der Waals surface area (Å²) < 4.78 is 6.73. The average Bonchev–Trinajstić information content (AvgIpc) is 2.98. The first kappa shape index (κ1) is 11.1. The number of carbonyl (C=O) groups excluding carboxylic acids is 1. The molecule has 1 aromatic rings. The Morgan fingerprint density at radius 3 is 3.19 bits per heavy atom. The summed E-state index contributed by atoms with van der Waals surface area (Å²) in [6.07, 6.45) is 6.02. The quantitative estimate of drug-likeness (QED) is 0.721. The Kier molecular flexibility index (Phi) is 3.56. The van der Waals surface area contributed by atoms with E-state index in [9.17, 15) is 4.79 Å². The number of hydrogen-bond acceptors (Lipinski definition) is 4. The van der Waals surface area contributed by atoms with E-state index in [1.807, 2.05) is 4.57 Å². The number of carbonyl (C=O) groups is 1. The van der Waals surface area contributed by atoms with Gasteiger partial charge in [0.2, 0.25) is 0 Å². The molecule has 0 saturated heterocycles. The molecule has 1 heterocycles. The van der Waals surface area contributed by atoms with Gasteiger partial charge >= 0.3 is 5.97 Å². The highest BCUT2D eigenvalue weighted by Gasteiger charge is 2.21. The topological polar surface area (TPSA) is 56.2 Å². The minimum absolute atomic E-state index is 0.215. The van der Waals surface area contributed by atoms with Crippen LogP contribution in [-0.2, 0) is 22.6 Å². The summed E-state index contributed by atoms with van der Waals surface area (Å²) in [5, 5.41) is 3.37. The van der Waals surface area contributed by atoms with Gasteiger partial charge in [0.1, 0.15) is 12.4 Å². The van der Waals surface area contributed by atoms with Gasteiger partial charge in [-0.25, -0.2) is 4.98 Å². The molecule has 1 N–H and O–H groups in total. The molecule has 1 aromatic heterocycles. The van der Waals surface area contributed by atoms with Gasteiger partial charge in [-0.05, 0) is 19.8 Å². The molecule has 1 saturated carbocycles. The summed E-state index contributed by atoms with van der Waals surface area (Å²) in [6, 6.07) is 0.646. The van der Waals surface area contributed by atoms with Gasteiger partial charge in [0.15, 0.2) is 0 Å². The van der Waals surface area contributed by atoms with E-state index in [0.717, 1.165) is 12.4 Å². The van der Waals surface area contributed by atoms with Crippen molar-refractivity contribution in [3.63, 3.8) is 0 Å². The summed E-state index contributed by atoms with van der Waals surface area (Å²) in [5.41, 5.74) is 0. The molecule has 2 rings (SSSR count). The number of hydrogen-bond donors (Lipinski definition) is 1. The van der Waals surface area contributed by atoms with Crippen molar-refractivity contribution in [2.45, 2.75) is 38.9 Å². The van der Waals surface area contributed by atoms with Crippen LogP contribution in [0.3, 0.4) is 0 Å². The summed E-state index contributed by atoms with van der Waals surface area (Å²) in [4.78, 5) is 15.5. The fraction of sp³-hybridized carbons (Fsp3) is 0.636. The van der Waals surface area contributed by atoms with Crippen LogP contribution >= 0.6 is 0 Å². The average molecular weight is 223 g/mol. The Labute approximate surface area is 94.8 Å². The predicted octanol–water partition coefficient (Wildman–Crippen LogP) is 0.698. The lowest BCUT2D eigenvalue weighted by molar-refractivity contribution is -0.143. The van der Waals surface area contributed by atoms with Crippen molar-refractivity contribution >= 4 is 5.97 Å². The molecule has 0 aromatic carbocycles. The van der Waals surface area contributed by atoms with Gasteiger partial charge in [-0.15, -0.1) is 0 Å². The first-order valence-electron chi connectivity index (χ1n) is 5.68. The predicted molar refractivity (Wildman–Crippen MR) is 58.7 cm³/mol. The van der Waals surface area contributed by atoms with Gasteiger partial charge in [-0.2, -0.15) is 0 Å². The van der Waals surface area contributed by atoms with E-state index < -0.39 is 0 Å². The third-order valence-electron chi connectivity index (χ3n) is 2.53. The van der Waals surface area contributed by atoms with E-state index in [0.29, 0.717) is 12.6 Å². The minimum atomic E-state index is -0.215. The second-order valence-electron chi connectivity index (χ2n) is 3.93. The van der Waals surface area contributed by atoms with Crippen molar-refractivity contribution in [3.8, 4) is 0 Å². The van der Waals surface area contributed by atoms with E-state index in [1.165, 1.54) is 12.8 Å². The lowest BCUT2D eigenvalue weighted by Gasteiger charge is -2.07. The van der Waals surface area contributed by atoms with Crippen LogP contribution in [-0.4, -0.2) is 28.2 Å². The van der Waals surface area contributed by atoms with Crippen molar-refractivity contribution in [1.82, 2.24) is 14.9 Å². The van der Waals surface area contributed by atoms with E-state index in [-0.39, 0.29) is 12.5 Å². The van der Waals surface area contributed by atoms with Gasteiger partial charge in [0.05, 0.1) is 13.2 Å². The molecule has 1 fully saturated rings. The van der Waals surface area contributed by atoms with Crippen LogP contribution in [0.1, 0.15) is 25.6 Å². The lowest BCUT2D eigenvalue weighted by atomic mass is 10.5. The maximum absolute atomic E-state index is 11.3. The molecule has 5 nitrogen and oxygen atoms in total. The maximum atomic E-state index is 11.3. The van der Waals surface area contributed by atoms with Crippen LogP contribution in [0.4, 0.5) is 0 Å². The molecule has 16 heavy (non-hydrogen) atoms. The van der Waals surface area contributed by atoms with Crippen molar-refractivity contribution in [1.29, 1.82) is 0 Å². The number of nitrogens with zero attached hydrogens (tertiary/aromatic N) is 2. The molecule has 0 radical (unpaired) electrons. The fourth-order valence-electron chi connectivity index (χ4n) is 1.52. The largest absolute Gasteiger partial charge is 0.465 e. The summed E-state index contributed by atoms with van der Waals surface area (Å²) in [7, 11) is 0. The molecule has 0 unspecified atom stereocenters. The van der Waals surface area contributed by atoms with Gasteiger partial charge in [0, 0.05) is 18.4 Å². The van der Waals surface area contributed by atoms with Crippen molar-refractivity contribution in [2.75, 3.05) is 6.61 Å². The highest BCUT2D eigenvalue weighted by atomic mass is 16.5. The molecule has 0 bridgehead atoms. The zero-order valence-corrected chi connectivity index (χ0v) is 9.48. The molecule has 5 heteroatoms. The number of nitrogens with one attached hydrogen (secondary N) is 1. The molecule has 1 aliphatic carbocycles. The Hall–Kier alpha value is -1.36. The molecule has 0 amide bonds. The van der Waals surface area contributed by atoms with Gasteiger partial charge in [0.25, 0.3) is 0 Å². The van der Waals surface area contributed by atoms with Gasteiger partial charge < -0.3 is 14.6 Å². The van der Waals surface area contributed by atoms with Gasteiger partial charge in [-0.1, -0.05) is 0 Å². The van der Waals surface area contributed by atoms with Crippen LogP contribution in [0.5, 0.6) is 0 Å². The summed E-state index contributed by atoms with van der Waals surface area (Å²) in [5.74, 6) is 0.674. The Morgan fingerprint density at radius 1 is 1.69 bits per heavy atom. The second-order valence-corrected chi connectivity index (χ2v) is 3.93. The third-order valence-corrected chi connectivity index (χ3v) is 2.53. The van der Waals surface area contributed by atoms with Crippen molar-refractivity contribution in [3.05, 3.63) is 18.2 Å². The fourth-order valence-corrected chi connectivity index (χ4v) is 1.52. The SMILES string of the molecule is CCOC(=O)Cn1ccnc1CNC1CC1. The molecule has 0 aliphatic heterocycles. The van der Waals surface area contributed by atoms with Crippen LogP contribution < -0.4 is 5.32 Å². The van der Waals surface area contributed by atoms with Crippen molar-refractivity contribution in [2.24, 2.45) is 0 Å². The highest BCUT2D eigenvalue weighted by molar-refractivity contribution is 5.69. The zero-order valence-electron chi connectivity index (χ0n) is 9.48. The highest BCUT2D eigenvalue weighted by Crippen LogP contribution is 2.19. The number of imidazole rings is 1. The van der Waals surface area contributed by atoms with Crippen LogP contribution in [0.25, 0.3) is 0 Å². The monoisotopic (exact) mass is 223 g/mol. The first-order valence-corrected chi connectivity index (χ1v) is 5.68.